The summed E-state index contributed by atoms with van der Waals surface area (Å²) in [6.45, 7) is 3.81. The lowest BCUT2D eigenvalue weighted by Crippen LogP contribution is -2.50. The van der Waals surface area contributed by atoms with Gasteiger partial charge in [0.25, 0.3) is 0 Å². The van der Waals surface area contributed by atoms with E-state index in [1.54, 1.807) is 0 Å². The summed E-state index contributed by atoms with van der Waals surface area (Å²) in [7, 11) is 4.01. The summed E-state index contributed by atoms with van der Waals surface area (Å²) >= 11 is 0. The van der Waals surface area contributed by atoms with Crippen LogP contribution in [-0.4, -0.2) is 62.7 Å². The van der Waals surface area contributed by atoms with Gasteiger partial charge in [0.05, 0.1) is 0 Å². The van der Waals surface area contributed by atoms with E-state index in [1.165, 1.54) is 5.56 Å². The van der Waals surface area contributed by atoms with Crippen molar-refractivity contribution in [3.63, 3.8) is 0 Å². The van der Waals surface area contributed by atoms with Crippen molar-refractivity contribution in [2.24, 2.45) is 11.1 Å². The number of nitrogens with zero attached hydrogens (tertiary/aromatic N) is 2. The number of likely N-dealkylation sites (tertiary alicyclic amines) is 1. The fourth-order valence-corrected chi connectivity index (χ4v) is 3.16. The SMILES string of the molecule is CN(C)CCNC(=O)N1CCC(CN)(Cc2ccccc2)CC1. The molecule has 1 saturated heterocycles. The van der Waals surface area contributed by atoms with Gasteiger partial charge in [0.15, 0.2) is 0 Å². The Morgan fingerprint density at radius 2 is 1.91 bits per heavy atom. The van der Waals surface area contributed by atoms with Gasteiger partial charge in [-0.05, 0) is 50.9 Å². The number of urea groups is 1. The number of benzene rings is 1. The number of carbonyl (C=O) groups excluding carboxylic acids is 1. The van der Waals surface area contributed by atoms with Gasteiger partial charge in [0, 0.05) is 26.2 Å². The number of piperidine rings is 1. The van der Waals surface area contributed by atoms with Gasteiger partial charge in [0.1, 0.15) is 0 Å². The average molecular weight is 318 g/mol. The van der Waals surface area contributed by atoms with Crippen LogP contribution in [0.4, 0.5) is 4.79 Å². The van der Waals surface area contributed by atoms with Crippen molar-refractivity contribution in [2.45, 2.75) is 19.3 Å². The molecule has 5 nitrogen and oxygen atoms in total. The number of hydrogen-bond donors (Lipinski definition) is 2. The molecular formula is C18H30N4O. The third-order valence-corrected chi connectivity index (χ3v) is 4.80. The molecule has 0 bridgehead atoms. The first-order valence-electron chi connectivity index (χ1n) is 8.46. The zero-order valence-corrected chi connectivity index (χ0v) is 14.4. The van der Waals surface area contributed by atoms with E-state index in [2.05, 4.69) is 34.5 Å². The van der Waals surface area contributed by atoms with Crippen LogP contribution in [0.3, 0.4) is 0 Å². The Kier molecular flexibility index (Phi) is 6.42. The Morgan fingerprint density at radius 1 is 1.26 bits per heavy atom. The van der Waals surface area contributed by atoms with Crippen LogP contribution in [0.15, 0.2) is 30.3 Å². The van der Waals surface area contributed by atoms with Gasteiger partial charge in [-0.1, -0.05) is 30.3 Å². The molecule has 1 fully saturated rings. The monoisotopic (exact) mass is 318 g/mol. The van der Waals surface area contributed by atoms with E-state index < -0.39 is 0 Å². The van der Waals surface area contributed by atoms with Crippen LogP contribution in [0.25, 0.3) is 0 Å². The molecule has 1 aromatic carbocycles. The summed E-state index contributed by atoms with van der Waals surface area (Å²) in [6, 6.07) is 10.6. The maximum Gasteiger partial charge on any atom is 0.317 e. The summed E-state index contributed by atoms with van der Waals surface area (Å²) < 4.78 is 0. The largest absolute Gasteiger partial charge is 0.337 e. The molecule has 128 valence electrons. The molecule has 0 saturated carbocycles. The Bertz CT molecular complexity index is 481. The van der Waals surface area contributed by atoms with E-state index in [4.69, 9.17) is 5.73 Å². The number of carbonyl (C=O) groups is 1. The highest BCUT2D eigenvalue weighted by molar-refractivity contribution is 5.74. The second-order valence-corrected chi connectivity index (χ2v) is 6.89. The van der Waals surface area contributed by atoms with Crippen LogP contribution in [0.2, 0.25) is 0 Å². The summed E-state index contributed by atoms with van der Waals surface area (Å²) in [5.74, 6) is 0. The van der Waals surface area contributed by atoms with Crippen molar-refractivity contribution >= 4 is 6.03 Å². The van der Waals surface area contributed by atoms with Gasteiger partial charge >= 0.3 is 6.03 Å². The first-order valence-corrected chi connectivity index (χ1v) is 8.46. The smallest absolute Gasteiger partial charge is 0.317 e. The highest BCUT2D eigenvalue weighted by atomic mass is 16.2. The van der Waals surface area contributed by atoms with Gasteiger partial charge in [-0.3, -0.25) is 0 Å². The summed E-state index contributed by atoms with van der Waals surface area (Å²) in [5.41, 5.74) is 7.56. The Labute approximate surface area is 139 Å². The van der Waals surface area contributed by atoms with Crippen LogP contribution < -0.4 is 11.1 Å². The van der Waals surface area contributed by atoms with Crippen molar-refractivity contribution in [3.05, 3.63) is 35.9 Å². The van der Waals surface area contributed by atoms with Crippen molar-refractivity contribution < 1.29 is 4.79 Å². The molecule has 0 aliphatic carbocycles. The van der Waals surface area contributed by atoms with Crippen LogP contribution in [0, 0.1) is 5.41 Å². The first-order chi connectivity index (χ1) is 11.0. The summed E-state index contributed by atoms with van der Waals surface area (Å²) in [6.07, 6.45) is 2.94. The average Bonchev–Trinajstić information content (AvgIpc) is 2.56. The Hall–Kier alpha value is -1.59. The minimum Gasteiger partial charge on any atom is -0.337 e. The van der Waals surface area contributed by atoms with Gasteiger partial charge < -0.3 is 20.9 Å². The predicted octanol–water partition coefficient (Wildman–Crippen LogP) is 1.54. The quantitative estimate of drug-likeness (QED) is 0.836. The molecule has 0 spiro atoms. The standard InChI is InChI=1S/C18H30N4O/c1-21(2)13-10-20-17(23)22-11-8-18(15-19,9-12-22)14-16-6-4-3-5-7-16/h3-7H,8-15,19H2,1-2H3,(H,20,23). The molecule has 0 radical (unpaired) electrons. The Balaban J connectivity index is 1.84. The topological polar surface area (TPSA) is 61.6 Å². The predicted molar refractivity (Wildman–Crippen MR) is 94.4 cm³/mol. The van der Waals surface area contributed by atoms with Gasteiger partial charge in [0.2, 0.25) is 0 Å². The van der Waals surface area contributed by atoms with Crippen LogP contribution >= 0.6 is 0 Å². The van der Waals surface area contributed by atoms with Crippen LogP contribution in [-0.2, 0) is 6.42 Å². The lowest BCUT2D eigenvalue weighted by atomic mass is 9.74. The lowest BCUT2D eigenvalue weighted by Gasteiger charge is -2.41. The van der Waals surface area contributed by atoms with E-state index in [0.717, 1.165) is 38.9 Å². The van der Waals surface area contributed by atoms with E-state index in [0.29, 0.717) is 13.1 Å². The molecule has 0 aromatic heterocycles. The van der Waals surface area contributed by atoms with Crippen molar-refractivity contribution in [1.82, 2.24) is 15.1 Å². The van der Waals surface area contributed by atoms with Crippen LogP contribution in [0.1, 0.15) is 18.4 Å². The first kappa shape index (κ1) is 17.8. The minimum absolute atomic E-state index is 0.0529. The van der Waals surface area contributed by atoms with E-state index in [9.17, 15) is 4.79 Å². The third-order valence-electron chi connectivity index (χ3n) is 4.80. The number of rotatable bonds is 6. The van der Waals surface area contributed by atoms with Gasteiger partial charge in [-0.25, -0.2) is 4.79 Å². The molecule has 0 unspecified atom stereocenters. The normalized spacial score (nSPS) is 17.3. The highest BCUT2D eigenvalue weighted by Crippen LogP contribution is 2.34. The lowest BCUT2D eigenvalue weighted by molar-refractivity contribution is 0.121. The van der Waals surface area contributed by atoms with Crippen molar-refractivity contribution in [1.29, 1.82) is 0 Å². The molecule has 0 atom stereocenters. The molecule has 1 aromatic rings. The molecule has 2 amide bonds. The number of nitrogens with one attached hydrogen (secondary N) is 1. The molecule has 3 N–H and O–H groups in total. The maximum atomic E-state index is 12.2. The molecule has 1 aliphatic heterocycles. The second kappa shape index (κ2) is 8.31. The summed E-state index contributed by atoms with van der Waals surface area (Å²) in [5, 5.41) is 2.99. The van der Waals surface area contributed by atoms with E-state index in [-0.39, 0.29) is 11.4 Å². The molecule has 2 rings (SSSR count). The fraction of sp³-hybridized carbons (Fsp3) is 0.611. The molecule has 1 heterocycles. The second-order valence-electron chi connectivity index (χ2n) is 6.89. The molecule has 5 heteroatoms. The number of hydrogen-bond acceptors (Lipinski definition) is 3. The minimum atomic E-state index is 0.0529. The van der Waals surface area contributed by atoms with Crippen LogP contribution in [0.5, 0.6) is 0 Å². The summed E-state index contributed by atoms with van der Waals surface area (Å²) in [4.78, 5) is 16.2. The maximum absolute atomic E-state index is 12.2. The number of likely N-dealkylation sites (N-methyl/N-ethyl adjacent to an activating group) is 1. The fourth-order valence-electron chi connectivity index (χ4n) is 3.16. The Morgan fingerprint density at radius 3 is 2.48 bits per heavy atom. The zero-order valence-electron chi connectivity index (χ0n) is 14.4. The molecule has 23 heavy (non-hydrogen) atoms. The van der Waals surface area contributed by atoms with Crippen molar-refractivity contribution in [3.8, 4) is 0 Å². The third kappa shape index (κ3) is 5.22. The zero-order chi connectivity index (χ0) is 16.7. The van der Waals surface area contributed by atoms with Crippen molar-refractivity contribution in [2.75, 3.05) is 46.8 Å². The number of nitrogens with two attached hydrogens (primary N) is 1. The molecule has 1 aliphatic rings. The highest BCUT2D eigenvalue weighted by Gasteiger charge is 2.34. The van der Waals surface area contributed by atoms with E-state index >= 15 is 0 Å². The molecular weight excluding hydrogens is 288 g/mol. The van der Waals surface area contributed by atoms with E-state index in [1.807, 2.05) is 25.1 Å². The van der Waals surface area contributed by atoms with Gasteiger partial charge in [-0.15, -0.1) is 0 Å². The van der Waals surface area contributed by atoms with Gasteiger partial charge in [-0.2, -0.15) is 0 Å². The number of amides is 2.